The predicted molar refractivity (Wildman–Crippen MR) is 93.4 cm³/mol. The minimum Gasteiger partial charge on any atom is -0.423 e. The molecule has 23 heavy (non-hydrogen) atoms. The maximum atomic E-state index is 10.7. The van der Waals surface area contributed by atoms with E-state index in [1.807, 2.05) is 18.2 Å². The van der Waals surface area contributed by atoms with Crippen LogP contribution in [0.2, 0.25) is 0 Å². The zero-order chi connectivity index (χ0) is 15.6. The second-order valence-electron chi connectivity index (χ2n) is 5.38. The number of fused-ring (bicyclic) bond motifs is 5. The summed E-state index contributed by atoms with van der Waals surface area (Å²) in [5, 5.41) is 0.951. The molecular weight excluding hydrogens is 284 g/mol. The summed E-state index contributed by atoms with van der Waals surface area (Å²) in [5.74, 6) is 0. The number of para-hydroxylation sites is 1. The Bertz CT molecular complexity index is 944. The minimum absolute atomic E-state index is 0.302. The van der Waals surface area contributed by atoms with Gasteiger partial charge in [-0.25, -0.2) is 4.79 Å². The zero-order valence-corrected chi connectivity index (χ0v) is 12.4. The predicted octanol–water partition coefficient (Wildman–Crippen LogP) is 5.13. The molecule has 1 aliphatic carbocycles. The molecule has 0 radical (unpaired) electrons. The van der Waals surface area contributed by atoms with Gasteiger partial charge in [-0.3, -0.25) is 0 Å². The molecule has 1 aliphatic rings. The minimum atomic E-state index is -0.302. The Labute approximate surface area is 133 Å². The van der Waals surface area contributed by atoms with Gasteiger partial charge >= 0.3 is 5.63 Å². The van der Waals surface area contributed by atoms with E-state index in [-0.39, 0.29) is 5.63 Å². The van der Waals surface area contributed by atoms with Gasteiger partial charge in [0.2, 0.25) is 0 Å². The summed E-state index contributed by atoms with van der Waals surface area (Å²) >= 11 is 0. The van der Waals surface area contributed by atoms with E-state index in [0.29, 0.717) is 5.58 Å². The molecule has 2 nitrogen and oxygen atoms in total. The Morgan fingerprint density at radius 1 is 0.522 bits per heavy atom. The van der Waals surface area contributed by atoms with Crippen molar-refractivity contribution >= 4 is 11.0 Å². The highest BCUT2D eigenvalue weighted by Gasteiger charge is 2.19. The molecule has 0 N–H and O–H groups in total. The molecular formula is C21H14O2. The summed E-state index contributed by atoms with van der Waals surface area (Å²) in [7, 11) is 0. The summed E-state index contributed by atoms with van der Waals surface area (Å²) in [6, 6.07) is 27.7. The molecule has 4 aromatic rings. The van der Waals surface area contributed by atoms with Crippen molar-refractivity contribution < 1.29 is 4.42 Å². The van der Waals surface area contributed by atoms with Crippen LogP contribution in [-0.4, -0.2) is 0 Å². The van der Waals surface area contributed by atoms with Gasteiger partial charge in [0.15, 0.2) is 0 Å². The molecule has 0 fully saturated rings. The highest BCUT2D eigenvalue weighted by atomic mass is 16.4. The van der Waals surface area contributed by atoms with Gasteiger partial charge in [-0.2, -0.15) is 0 Å². The van der Waals surface area contributed by atoms with E-state index in [2.05, 4.69) is 48.5 Å². The van der Waals surface area contributed by atoms with E-state index in [9.17, 15) is 4.79 Å². The fourth-order valence-corrected chi connectivity index (χ4v) is 2.85. The lowest BCUT2D eigenvalue weighted by Crippen LogP contribution is -1.96. The van der Waals surface area contributed by atoms with Crippen molar-refractivity contribution in [2.75, 3.05) is 0 Å². The summed E-state index contributed by atoms with van der Waals surface area (Å²) in [4.78, 5) is 10.7. The van der Waals surface area contributed by atoms with Gasteiger partial charge in [0.1, 0.15) is 5.58 Å². The second kappa shape index (κ2) is 5.58. The molecule has 110 valence electrons. The third-order valence-corrected chi connectivity index (χ3v) is 3.96. The normalized spacial score (nSPS) is 10.8. The van der Waals surface area contributed by atoms with Gasteiger partial charge in [-0.15, -0.1) is 0 Å². The van der Waals surface area contributed by atoms with E-state index >= 15 is 0 Å². The van der Waals surface area contributed by atoms with Crippen molar-refractivity contribution in [2.45, 2.75) is 0 Å². The number of hydrogen-bond donors (Lipinski definition) is 0. The molecule has 0 bridgehead atoms. The van der Waals surface area contributed by atoms with Crippen molar-refractivity contribution in [2.24, 2.45) is 0 Å². The van der Waals surface area contributed by atoms with Crippen LogP contribution in [0.25, 0.3) is 33.2 Å². The summed E-state index contributed by atoms with van der Waals surface area (Å²) in [6.07, 6.45) is 0. The third-order valence-electron chi connectivity index (χ3n) is 3.96. The van der Waals surface area contributed by atoms with Crippen molar-refractivity contribution in [1.29, 1.82) is 0 Å². The molecule has 1 aromatic heterocycles. The van der Waals surface area contributed by atoms with E-state index in [4.69, 9.17) is 4.42 Å². The monoisotopic (exact) mass is 298 g/mol. The first-order chi connectivity index (χ1) is 11.3. The summed E-state index contributed by atoms with van der Waals surface area (Å²) in [5.41, 5.74) is 5.92. The van der Waals surface area contributed by atoms with E-state index in [0.717, 1.165) is 5.39 Å². The van der Waals surface area contributed by atoms with Crippen LogP contribution in [0, 0.1) is 0 Å². The highest BCUT2D eigenvalue weighted by Crippen LogP contribution is 2.46. The number of benzene rings is 3. The van der Waals surface area contributed by atoms with Crippen LogP contribution in [0.5, 0.6) is 0 Å². The molecule has 2 heteroatoms. The van der Waals surface area contributed by atoms with Gasteiger partial charge in [0, 0.05) is 11.5 Å². The van der Waals surface area contributed by atoms with Gasteiger partial charge in [-0.05, 0) is 34.4 Å². The second-order valence-corrected chi connectivity index (χ2v) is 5.38. The Morgan fingerprint density at radius 3 is 1.57 bits per heavy atom. The fraction of sp³-hybridized carbons (Fsp3) is 0. The largest absolute Gasteiger partial charge is 0.423 e. The topological polar surface area (TPSA) is 30.2 Å². The van der Waals surface area contributed by atoms with Crippen LogP contribution in [0.15, 0.2) is 94.1 Å². The van der Waals surface area contributed by atoms with Crippen molar-refractivity contribution in [3.05, 3.63) is 95.3 Å². The first-order valence-electron chi connectivity index (χ1n) is 7.51. The first kappa shape index (κ1) is 13.5. The first-order valence-corrected chi connectivity index (χ1v) is 7.51. The number of rotatable bonds is 0. The molecule has 5 rings (SSSR count). The van der Waals surface area contributed by atoms with Crippen molar-refractivity contribution in [1.82, 2.24) is 0 Å². The van der Waals surface area contributed by atoms with Crippen LogP contribution >= 0.6 is 0 Å². The van der Waals surface area contributed by atoms with Gasteiger partial charge in [0.05, 0.1) is 0 Å². The summed E-state index contributed by atoms with van der Waals surface area (Å²) in [6.45, 7) is 0. The highest BCUT2D eigenvalue weighted by molar-refractivity contribution is 6.02. The fourth-order valence-electron chi connectivity index (χ4n) is 2.85. The Hall–Kier alpha value is -3.13. The molecule has 0 saturated heterocycles. The standard InChI is InChI=1S/C12H8.C9H6O2/c1-2-6-10-9(5-1)11-7-3-4-8-12(10)11;10-9-6-5-7-3-1-2-4-8(7)11-9/h1-8H;1-6H. The SMILES string of the molecule is O=c1ccc2ccccc2o1.c1ccc2c(c1)-c1ccccc1-2. The van der Waals surface area contributed by atoms with E-state index in [1.54, 1.807) is 12.1 Å². The van der Waals surface area contributed by atoms with E-state index in [1.165, 1.54) is 28.3 Å². The van der Waals surface area contributed by atoms with Crippen molar-refractivity contribution in [3.8, 4) is 22.3 Å². The third kappa shape index (κ3) is 2.44. The summed E-state index contributed by atoms with van der Waals surface area (Å²) < 4.78 is 4.91. The molecule has 0 unspecified atom stereocenters. The molecule has 0 spiro atoms. The maximum Gasteiger partial charge on any atom is 0.336 e. The van der Waals surface area contributed by atoms with Crippen LogP contribution < -0.4 is 5.63 Å². The molecule has 0 amide bonds. The Balaban J connectivity index is 0.000000118. The molecule has 0 atom stereocenters. The lowest BCUT2D eigenvalue weighted by Gasteiger charge is -2.22. The quantitative estimate of drug-likeness (QED) is 0.371. The van der Waals surface area contributed by atoms with Gasteiger partial charge in [-0.1, -0.05) is 66.7 Å². The average molecular weight is 298 g/mol. The Morgan fingerprint density at radius 2 is 1.00 bits per heavy atom. The molecule has 0 saturated carbocycles. The maximum absolute atomic E-state index is 10.7. The average Bonchev–Trinajstić information content (AvgIpc) is 2.60. The molecule has 1 heterocycles. The van der Waals surface area contributed by atoms with E-state index < -0.39 is 0 Å². The van der Waals surface area contributed by atoms with Gasteiger partial charge < -0.3 is 4.42 Å². The Kier molecular flexibility index (Phi) is 3.28. The van der Waals surface area contributed by atoms with Crippen molar-refractivity contribution in [3.63, 3.8) is 0 Å². The van der Waals surface area contributed by atoms with Crippen LogP contribution in [-0.2, 0) is 0 Å². The molecule has 3 aromatic carbocycles. The van der Waals surface area contributed by atoms with Crippen LogP contribution in [0.3, 0.4) is 0 Å². The lowest BCUT2D eigenvalue weighted by atomic mass is 9.81. The molecule has 0 aliphatic heterocycles. The van der Waals surface area contributed by atoms with Crippen LogP contribution in [0.1, 0.15) is 0 Å². The smallest absolute Gasteiger partial charge is 0.336 e. The number of hydrogen-bond acceptors (Lipinski definition) is 2. The van der Waals surface area contributed by atoms with Crippen LogP contribution in [0.4, 0.5) is 0 Å². The van der Waals surface area contributed by atoms with Gasteiger partial charge in [0.25, 0.3) is 0 Å². The lowest BCUT2D eigenvalue weighted by molar-refractivity contribution is 0.561. The zero-order valence-electron chi connectivity index (χ0n) is 12.4.